The molecule has 0 saturated carbocycles. The van der Waals surface area contributed by atoms with Crippen LogP contribution in [-0.4, -0.2) is 54.8 Å². The van der Waals surface area contributed by atoms with E-state index < -0.39 is 5.60 Å². The monoisotopic (exact) mass is 225 g/mol. The molecule has 2 heterocycles. The number of β-amino-alcohol motifs (C(OH)–C–C–N with tert-alkyl or cyclic N) is 1. The number of likely N-dealkylation sites (tertiary alicyclic amines) is 1. The molecule has 0 bridgehead atoms. The summed E-state index contributed by atoms with van der Waals surface area (Å²) in [4.78, 5) is 13.5. The van der Waals surface area contributed by atoms with Crippen molar-refractivity contribution in [3.8, 4) is 0 Å². The average molecular weight is 225 g/mol. The SMILES string of the molecule is CC1(O)CCCN(C(=O)Cn2cnnn2)C1. The summed E-state index contributed by atoms with van der Waals surface area (Å²) in [5.74, 6) is -0.0627. The highest BCUT2D eigenvalue weighted by Gasteiger charge is 2.30. The van der Waals surface area contributed by atoms with Gasteiger partial charge in [0.05, 0.1) is 5.60 Å². The summed E-state index contributed by atoms with van der Waals surface area (Å²) in [5, 5.41) is 20.4. The second-order valence-electron chi connectivity index (χ2n) is 4.42. The number of carbonyl (C=O) groups excluding carboxylic acids is 1. The predicted molar refractivity (Wildman–Crippen MR) is 54.3 cm³/mol. The van der Waals surface area contributed by atoms with Gasteiger partial charge in [-0.1, -0.05) is 0 Å². The van der Waals surface area contributed by atoms with Crippen LogP contribution in [0.4, 0.5) is 0 Å². The van der Waals surface area contributed by atoms with Gasteiger partial charge < -0.3 is 10.0 Å². The van der Waals surface area contributed by atoms with Crippen molar-refractivity contribution in [1.82, 2.24) is 25.1 Å². The van der Waals surface area contributed by atoms with Crippen LogP contribution in [0.1, 0.15) is 19.8 Å². The second kappa shape index (κ2) is 4.17. The standard InChI is InChI=1S/C9H15N5O2/c1-9(16)3-2-4-13(6-9)8(15)5-14-7-10-11-12-14/h7,16H,2-6H2,1H3. The molecule has 1 amide bonds. The Labute approximate surface area is 93.0 Å². The van der Waals surface area contributed by atoms with Crippen LogP contribution < -0.4 is 0 Å². The van der Waals surface area contributed by atoms with Crippen molar-refractivity contribution in [3.05, 3.63) is 6.33 Å². The maximum absolute atomic E-state index is 11.9. The fourth-order valence-electron chi connectivity index (χ4n) is 1.92. The number of amides is 1. The summed E-state index contributed by atoms with van der Waals surface area (Å²) in [6, 6.07) is 0. The lowest BCUT2D eigenvalue weighted by molar-refractivity contribution is -0.138. The van der Waals surface area contributed by atoms with E-state index in [4.69, 9.17) is 0 Å². The van der Waals surface area contributed by atoms with Crippen molar-refractivity contribution >= 4 is 5.91 Å². The number of piperidine rings is 1. The third kappa shape index (κ3) is 2.54. The van der Waals surface area contributed by atoms with E-state index in [1.165, 1.54) is 11.0 Å². The first kappa shape index (κ1) is 11.0. The lowest BCUT2D eigenvalue weighted by Crippen LogP contribution is -2.49. The largest absolute Gasteiger partial charge is 0.388 e. The Morgan fingerprint density at radius 2 is 2.44 bits per heavy atom. The number of carbonyl (C=O) groups is 1. The number of rotatable bonds is 2. The summed E-state index contributed by atoms with van der Waals surface area (Å²) in [6.45, 7) is 2.96. The summed E-state index contributed by atoms with van der Waals surface area (Å²) in [6.07, 6.45) is 2.97. The highest BCUT2D eigenvalue weighted by molar-refractivity contribution is 5.76. The van der Waals surface area contributed by atoms with E-state index >= 15 is 0 Å². The quantitative estimate of drug-likeness (QED) is 0.701. The Balaban J connectivity index is 1.94. The van der Waals surface area contributed by atoms with Crippen LogP contribution in [0.3, 0.4) is 0 Å². The highest BCUT2D eigenvalue weighted by Crippen LogP contribution is 2.20. The van der Waals surface area contributed by atoms with E-state index in [1.54, 1.807) is 11.8 Å². The van der Waals surface area contributed by atoms with Crippen LogP contribution in [0.25, 0.3) is 0 Å². The molecule has 0 spiro atoms. The fourth-order valence-corrected chi connectivity index (χ4v) is 1.92. The third-order valence-electron chi connectivity index (χ3n) is 2.72. The molecule has 0 aromatic carbocycles. The van der Waals surface area contributed by atoms with Crippen molar-refractivity contribution < 1.29 is 9.90 Å². The molecule has 0 radical (unpaired) electrons. The molecule has 1 aliphatic rings. The third-order valence-corrected chi connectivity index (χ3v) is 2.72. The minimum atomic E-state index is -0.769. The molecule has 1 aliphatic heterocycles. The maximum Gasteiger partial charge on any atom is 0.244 e. The summed E-state index contributed by atoms with van der Waals surface area (Å²) in [5.41, 5.74) is -0.769. The molecule has 1 atom stereocenters. The van der Waals surface area contributed by atoms with Gasteiger partial charge in [-0.3, -0.25) is 4.79 Å². The number of tetrazole rings is 1. The van der Waals surface area contributed by atoms with Gasteiger partial charge in [-0.2, -0.15) is 0 Å². The first-order valence-corrected chi connectivity index (χ1v) is 5.28. The molecule has 7 nitrogen and oxygen atoms in total. The summed E-state index contributed by atoms with van der Waals surface area (Å²) < 4.78 is 1.38. The van der Waals surface area contributed by atoms with Crippen LogP contribution in [0.5, 0.6) is 0 Å². The normalized spacial score (nSPS) is 25.8. The number of aromatic nitrogens is 4. The number of hydrogen-bond donors (Lipinski definition) is 1. The Hall–Kier alpha value is -1.50. The van der Waals surface area contributed by atoms with E-state index in [9.17, 15) is 9.90 Å². The molecule has 1 fully saturated rings. The van der Waals surface area contributed by atoms with Gasteiger partial charge >= 0.3 is 0 Å². The van der Waals surface area contributed by atoms with E-state index in [-0.39, 0.29) is 12.5 Å². The minimum Gasteiger partial charge on any atom is -0.388 e. The van der Waals surface area contributed by atoms with Gasteiger partial charge in [0.1, 0.15) is 12.9 Å². The molecule has 1 saturated heterocycles. The van der Waals surface area contributed by atoms with Gasteiger partial charge in [0.25, 0.3) is 0 Å². The van der Waals surface area contributed by atoms with Gasteiger partial charge in [0, 0.05) is 13.1 Å². The fraction of sp³-hybridized carbons (Fsp3) is 0.778. The molecule has 1 N–H and O–H groups in total. The first-order chi connectivity index (χ1) is 7.57. The van der Waals surface area contributed by atoms with Crippen molar-refractivity contribution in [2.75, 3.05) is 13.1 Å². The molecule has 2 rings (SSSR count). The Bertz CT molecular complexity index is 362. The zero-order valence-electron chi connectivity index (χ0n) is 9.20. The number of hydrogen-bond acceptors (Lipinski definition) is 5. The lowest BCUT2D eigenvalue weighted by atomic mass is 9.95. The average Bonchev–Trinajstić information content (AvgIpc) is 2.69. The summed E-state index contributed by atoms with van der Waals surface area (Å²) >= 11 is 0. The number of nitrogens with zero attached hydrogens (tertiary/aromatic N) is 5. The first-order valence-electron chi connectivity index (χ1n) is 5.28. The van der Waals surface area contributed by atoms with Crippen molar-refractivity contribution in [3.63, 3.8) is 0 Å². The topological polar surface area (TPSA) is 84.1 Å². The van der Waals surface area contributed by atoms with E-state index in [0.29, 0.717) is 13.1 Å². The zero-order chi connectivity index (χ0) is 11.6. The lowest BCUT2D eigenvalue weighted by Gasteiger charge is -2.36. The van der Waals surface area contributed by atoms with Gasteiger partial charge in [-0.15, -0.1) is 5.10 Å². The Morgan fingerprint density at radius 1 is 1.62 bits per heavy atom. The molecular formula is C9H15N5O2. The smallest absolute Gasteiger partial charge is 0.244 e. The highest BCUT2D eigenvalue weighted by atomic mass is 16.3. The zero-order valence-corrected chi connectivity index (χ0v) is 9.20. The van der Waals surface area contributed by atoms with E-state index in [1.807, 2.05) is 0 Å². The van der Waals surface area contributed by atoms with Crippen LogP contribution >= 0.6 is 0 Å². The van der Waals surface area contributed by atoms with E-state index in [2.05, 4.69) is 15.5 Å². The van der Waals surface area contributed by atoms with Gasteiger partial charge in [0.2, 0.25) is 5.91 Å². The van der Waals surface area contributed by atoms with Crippen LogP contribution in [-0.2, 0) is 11.3 Å². The second-order valence-corrected chi connectivity index (χ2v) is 4.42. The molecule has 7 heteroatoms. The Morgan fingerprint density at radius 3 is 3.06 bits per heavy atom. The molecule has 88 valence electrons. The Kier molecular flexibility index (Phi) is 2.86. The number of aliphatic hydroxyl groups is 1. The van der Waals surface area contributed by atoms with Gasteiger partial charge in [-0.25, -0.2) is 4.68 Å². The van der Waals surface area contributed by atoms with E-state index in [0.717, 1.165) is 12.8 Å². The maximum atomic E-state index is 11.9. The van der Waals surface area contributed by atoms with Gasteiger partial charge in [-0.05, 0) is 30.2 Å². The molecular weight excluding hydrogens is 210 g/mol. The van der Waals surface area contributed by atoms with Crippen molar-refractivity contribution in [2.24, 2.45) is 0 Å². The van der Waals surface area contributed by atoms with Crippen LogP contribution in [0, 0.1) is 0 Å². The minimum absolute atomic E-state index is 0.0627. The van der Waals surface area contributed by atoms with Crippen molar-refractivity contribution in [2.45, 2.75) is 31.9 Å². The van der Waals surface area contributed by atoms with Crippen LogP contribution in [0.2, 0.25) is 0 Å². The van der Waals surface area contributed by atoms with Crippen LogP contribution in [0.15, 0.2) is 6.33 Å². The van der Waals surface area contributed by atoms with Gasteiger partial charge in [0.15, 0.2) is 0 Å². The molecule has 1 aromatic rings. The molecule has 1 unspecified atom stereocenters. The molecule has 0 aliphatic carbocycles. The molecule has 1 aromatic heterocycles. The molecule has 16 heavy (non-hydrogen) atoms. The predicted octanol–water partition coefficient (Wildman–Crippen LogP) is -0.954. The summed E-state index contributed by atoms with van der Waals surface area (Å²) in [7, 11) is 0. The van der Waals surface area contributed by atoms with Crippen molar-refractivity contribution in [1.29, 1.82) is 0 Å².